The van der Waals surface area contributed by atoms with Crippen molar-refractivity contribution in [2.45, 2.75) is 57.3 Å². The van der Waals surface area contributed by atoms with Gasteiger partial charge >= 0.3 is 0 Å². The predicted molar refractivity (Wildman–Crippen MR) is 195 cm³/mol. The standard InChI is InChI=1S/C41H46N4O4/c42-33-11-1-2-12-35(33)47-21-19-46-20-22-48-36-25-26(13-14-34(36)43)37-31-23-27-7-3-15-44-17-5-9-29(38(27)44)40(31)49-41-30-10-6-18-45-16-4-8-28(39(30)45)24-32(37)41/h1-2,11-14,23-25,37H,3-10,15-22,42-43H2. The molecule has 0 fully saturated rings. The third kappa shape index (κ3) is 5.41. The van der Waals surface area contributed by atoms with Gasteiger partial charge < -0.3 is 40.2 Å². The van der Waals surface area contributed by atoms with E-state index in [4.69, 9.17) is 30.4 Å². The molecule has 5 heterocycles. The largest absolute Gasteiger partial charge is 0.489 e. The molecule has 0 amide bonds. The number of nitrogen functional groups attached to an aromatic ring is 2. The van der Waals surface area contributed by atoms with E-state index in [2.05, 4.69) is 34.1 Å². The van der Waals surface area contributed by atoms with Crippen LogP contribution in [0.2, 0.25) is 0 Å². The zero-order chi connectivity index (χ0) is 32.9. The van der Waals surface area contributed by atoms with Crippen molar-refractivity contribution in [1.29, 1.82) is 0 Å². The average molecular weight is 659 g/mol. The Morgan fingerprint density at radius 2 is 1.16 bits per heavy atom. The molecule has 0 aliphatic carbocycles. The van der Waals surface area contributed by atoms with E-state index in [0.29, 0.717) is 49.3 Å². The minimum absolute atomic E-state index is 0.0400. The minimum atomic E-state index is 0.0400. The van der Waals surface area contributed by atoms with Gasteiger partial charge in [0.2, 0.25) is 0 Å². The lowest BCUT2D eigenvalue weighted by Crippen LogP contribution is -2.36. The summed E-state index contributed by atoms with van der Waals surface area (Å²) >= 11 is 0. The van der Waals surface area contributed by atoms with Crippen LogP contribution < -0.4 is 35.5 Å². The summed E-state index contributed by atoms with van der Waals surface area (Å²) in [6.07, 6.45) is 9.12. The number of hydrogen-bond donors (Lipinski definition) is 2. The first-order valence-corrected chi connectivity index (χ1v) is 18.3. The van der Waals surface area contributed by atoms with Crippen molar-refractivity contribution in [2.75, 3.05) is 73.9 Å². The van der Waals surface area contributed by atoms with Crippen molar-refractivity contribution >= 4 is 22.7 Å². The Morgan fingerprint density at radius 1 is 0.612 bits per heavy atom. The number of nitrogens with zero attached hydrogens (tertiary/aromatic N) is 2. The molecule has 5 aliphatic rings. The summed E-state index contributed by atoms with van der Waals surface area (Å²) in [5.74, 6) is 3.60. The molecule has 5 aliphatic heterocycles. The van der Waals surface area contributed by atoms with Gasteiger partial charge in [-0.1, -0.05) is 18.2 Å². The molecule has 0 saturated heterocycles. The number of benzene rings is 4. The van der Waals surface area contributed by atoms with Gasteiger partial charge in [-0.25, -0.2) is 0 Å². The van der Waals surface area contributed by atoms with Crippen molar-refractivity contribution in [3.8, 4) is 23.0 Å². The molecule has 0 unspecified atom stereocenters. The molecule has 8 nitrogen and oxygen atoms in total. The number of hydrogen-bond acceptors (Lipinski definition) is 8. The van der Waals surface area contributed by atoms with Gasteiger partial charge in [-0.05, 0) is 104 Å². The van der Waals surface area contributed by atoms with E-state index in [-0.39, 0.29) is 5.92 Å². The second-order valence-electron chi connectivity index (χ2n) is 14.1. The second kappa shape index (κ2) is 12.7. The van der Waals surface area contributed by atoms with E-state index in [1.165, 1.54) is 76.0 Å². The van der Waals surface area contributed by atoms with Gasteiger partial charge in [0.1, 0.15) is 36.2 Å². The van der Waals surface area contributed by atoms with E-state index >= 15 is 0 Å². The third-order valence-electron chi connectivity index (χ3n) is 11.1. The van der Waals surface area contributed by atoms with Crippen LogP contribution in [0.4, 0.5) is 22.7 Å². The van der Waals surface area contributed by atoms with Crippen molar-refractivity contribution in [2.24, 2.45) is 0 Å². The molecule has 8 heteroatoms. The molecule has 0 radical (unpaired) electrons. The van der Waals surface area contributed by atoms with Crippen LogP contribution in [0.25, 0.3) is 0 Å². The number of rotatable bonds is 9. The van der Waals surface area contributed by atoms with Crippen LogP contribution in [-0.2, 0) is 30.4 Å². The van der Waals surface area contributed by atoms with Gasteiger partial charge in [-0.15, -0.1) is 0 Å². The molecule has 9 rings (SSSR count). The SMILES string of the molecule is Nc1ccccc1OCCOCCOc1cc(C2c3cc4c5c(c3Oc3c2cc2c6c3CCCN6CCC2)CCCN5CCC4)ccc1N. The number of ether oxygens (including phenoxy) is 4. The topological polar surface area (TPSA) is 95.4 Å². The van der Waals surface area contributed by atoms with Crippen molar-refractivity contribution in [1.82, 2.24) is 0 Å². The second-order valence-corrected chi connectivity index (χ2v) is 14.1. The lowest BCUT2D eigenvalue weighted by Gasteiger charge is -2.43. The number of anilines is 4. The summed E-state index contributed by atoms with van der Waals surface area (Å²) in [7, 11) is 0. The first kappa shape index (κ1) is 30.5. The van der Waals surface area contributed by atoms with Gasteiger partial charge in [0, 0.05) is 65.7 Å². The van der Waals surface area contributed by atoms with Gasteiger partial charge in [-0.2, -0.15) is 0 Å². The van der Waals surface area contributed by atoms with E-state index in [0.717, 1.165) is 63.4 Å². The van der Waals surface area contributed by atoms with E-state index in [9.17, 15) is 0 Å². The molecular formula is C41H46N4O4. The highest BCUT2D eigenvalue weighted by molar-refractivity contribution is 5.78. The normalized spacial score (nSPS) is 17.4. The van der Waals surface area contributed by atoms with Crippen LogP contribution in [0.15, 0.2) is 54.6 Å². The van der Waals surface area contributed by atoms with E-state index in [1.807, 2.05) is 30.3 Å². The minimum Gasteiger partial charge on any atom is -0.489 e. The lowest BCUT2D eigenvalue weighted by atomic mass is 9.76. The molecule has 49 heavy (non-hydrogen) atoms. The maximum atomic E-state index is 7.23. The van der Waals surface area contributed by atoms with Crippen molar-refractivity contribution < 1.29 is 18.9 Å². The maximum Gasteiger partial charge on any atom is 0.142 e. The van der Waals surface area contributed by atoms with Gasteiger partial charge in [-0.3, -0.25) is 0 Å². The fourth-order valence-electron chi connectivity index (χ4n) is 9.00. The number of para-hydroxylation sites is 2. The Bertz CT molecular complexity index is 1820. The zero-order valence-corrected chi connectivity index (χ0v) is 28.3. The Morgan fingerprint density at radius 3 is 1.78 bits per heavy atom. The van der Waals surface area contributed by atoms with E-state index in [1.54, 1.807) is 0 Å². The summed E-state index contributed by atoms with van der Waals surface area (Å²) in [5.41, 5.74) is 26.2. The number of nitrogens with two attached hydrogens (primary N) is 2. The Kier molecular flexibility index (Phi) is 7.91. The summed E-state index contributed by atoms with van der Waals surface area (Å²) in [4.78, 5) is 5.23. The highest BCUT2D eigenvalue weighted by Gasteiger charge is 2.39. The van der Waals surface area contributed by atoms with Crippen LogP contribution >= 0.6 is 0 Å². The third-order valence-corrected chi connectivity index (χ3v) is 11.1. The summed E-state index contributed by atoms with van der Waals surface area (Å²) in [5, 5.41) is 0. The molecule has 0 atom stereocenters. The van der Waals surface area contributed by atoms with Crippen LogP contribution in [0.5, 0.6) is 23.0 Å². The molecule has 254 valence electrons. The fourth-order valence-corrected chi connectivity index (χ4v) is 9.00. The van der Waals surface area contributed by atoms with Crippen molar-refractivity contribution in [3.05, 3.63) is 93.5 Å². The molecule has 4 N–H and O–H groups in total. The summed E-state index contributed by atoms with van der Waals surface area (Å²) < 4.78 is 25.1. The molecule has 4 aromatic carbocycles. The molecular weight excluding hydrogens is 612 g/mol. The highest BCUT2D eigenvalue weighted by Crippen LogP contribution is 2.57. The van der Waals surface area contributed by atoms with Crippen LogP contribution in [0.1, 0.15) is 70.5 Å². The zero-order valence-electron chi connectivity index (χ0n) is 28.3. The highest BCUT2D eigenvalue weighted by atomic mass is 16.5. The molecule has 0 saturated carbocycles. The summed E-state index contributed by atoms with van der Waals surface area (Å²) in [6.45, 7) is 6.25. The first-order valence-electron chi connectivity index (χ1n) is 18.3. The smallest absolute Gasteiger partial charge is 0.142 e. The monoisotopic (exact) mass is 658 g/mol. The molecule has 0 spiro atoms. The molecule has 0 bridgehead atoms. The average Bonchev–Trinajstić information content (AvgIpc) is 3.13. The molecule has 0 aromatic heterocycles. The number of aryl methyl sites for hydroxylation is 2. The van der Waals surface area contributed by atoms with Crippen molar-refractivity contribution in [3.63, 3.8) is 0 Å². The first-order chi connectivity index (χ1) is 24.1. The summed E-state index contributed by atoms with van der Waals surface area (Å²) in [6, 6.07) is 18.8. The van der Waals surface area contributed by atoms with Crippen LogP contribution in [-0.4, -0.2) is 52.6 Å². The molecule has 4 aromatic rings. The quantitative estimate of drug-likeness (QED) is 0.129. The Balaban J connectivity index is 1.04. The van der Waals surface area contributed by atoms with Gasteiger partial charge in [0.25, 0.3) is 0 Å². The van der Waals surface area contributed by atoms with Gasteiger partial charge in [0.05, 0.1) is 24.6 Å². The maximum absolute atomic E-state index is 7.23. The lowest BCUT2D eigenvalue weighted by molar-refractivity contribution is 0.0767. The van der Waals surface area contributed by atoms with Crippen LogP contribution in [0, 0.1) is 0 Å². The Labute approximate surface area is 288 Å². The van der Waals surface area contributed by atoms with Gasteiger partial charge in [0.15, 0.2) is 0 Å². The fraction of sp³-hybridized carbons (Fsp3) is 0.415. The van der Waals surface area contributed by atoms with E-state index < -0.39 is 0 Å². The number of fused-ring (bicyclic) bond motifs is 4. The Hall–Kier alpha value is -4.56. The van der Waals surface area contributed by atoms with Crippen LogP contribution in [0.3, 0.4) is 0 Å². The predicted octanol–water partition coefficient (Wildman–Crippen LogP) is 7.01.